The van der Waals surface area contributed by atoms with Crippen molar-refractivity contribution in [1.29, 1.82) is 0 Å². The van der Waals surface area contributed by atoms with Gasteiger partial charge in [0.2, 0.25) is 0 Å². The molecule has 0 radical (unpaired) electrons. The smallest absolute Gasteiger partial charge is 0.0378 e. The number of hydrogen-bond acceptors (Lipinski definition) is 1. The summed E-state index contributed by atoms with van der Waals surface area (Å²) in [5.74, 6) is 0. The summed E-state index contributed by atoms with van der Waals surface area (Å²) in [7, 11) is 0. The van der Waals surface area contributed by atoms with Gasteiger partial charge < -0.3 is 5.32 Å². The van der Waals surface area contributed by atoms with Gasteiger partial charge in [-0.25, -0.2) is 0 Å². The summed E-state index contributed by atoms with van der Waals surface area (Å²) >= 11 is 0. The van der Waals surface area contributed by atoms with Gasteiger partial charge in [-0.05, 0) is 45.9 Å². The predicted molar refractivity (Wildman–Crippen MR) is 78.6 cm³/mol. The van der Waals surface area contributed by atoms with Gasteiger partial charge in [0.05, 0.1) is 0 Å². The monoisotopic (exact) mass is 229 g/mol. The van der Waals surface area contributed by atoms with Gasteiger partial charge in [-0.15, -0.1) is 0 Å². The molecule has 0 aromatic heterocycles. The first kappa shape index (κ1) is 15.2. The van der Waals surface area contributed by atoms with Crippen LogP contribution < -0.4 is 5.32 Å². The third-order valence-corrected chi connectivity index (χ3v) is 1.96. The second kappa shape index (κ2) is 8.40. The summed E-state index contributed by atoms with van der Waals surface area (Å²) in [4.78, 5) is 0. The highest BCUT2D eigenvalue weighted by atomic mass is 14.9. The third-order valence-electron chi connectivity index (χ3n) is 1.96. The Morgan fingerprint density at radius 1 is 1.00 bits per heavy atom. The highest BCUT2D eigenvalue weighted by molar-refractivity contribution is 5.31. The standard InChI is InChI=1S/C16H23N/c1-7-15(11-9-13(3)4)17-16(8-2)12-10-14(5)6/h7-12,17H,1,5H2,2-4,6H3/b12-10-,15-11+,16-8+. The molecule has 92 valence electrons. The molecule has 0 aliphatic rings. The molecular weight excluding hydrogens is 206 g/mol. The lowest BCUT2D eigenvalue weighted by Gasteiger charge is -2.07. The quantitative estimate of drug-likeness (QED) is 0.654. The molecule has 1 nitrogen and oxygen atoms in total. The maximum Gasteiger partial charge on any atom is 0.0378 e. The Labute approximate surface area is 106 Å². The van der Waals surface area contributed by atoms with Crippen molar-refractivity contribution in [2.24, 2.45) is 0 Å². The fraction of sp³-hybridized carbons (Fsp3) is 0.250. The number of nitrogens with one attached hydrogen (secondary N) is 1. The molecule has 0 rings (SSSR count). The molecule has 0 atom stereocenters. The van der Waals surface area contributed by atoms with E-state index >= 15 is 0 Å². The molecule has 0 saturated carbocycles. The van der Waals surface area contributed by atoms with Crippen LogP contribution in [0, 0.1) is 0 Å². The molecule has 0 aromatic rings. The third kappa shape index (κ3) is 8.09. The van der Waals surface area contributed by atoms with Gasteiger partial charge in [0.1, 0.15) is 0 Å². The van der Waals surface area contributed by atoms with Crippen LogP contribution in [0.3, 0.4) is 0 Å². The first-order valence-corrected chi connectivity index (χ1v) is 5.74. The lowest BCUT2D eigenvalue weighted by molar-refractivity contribution is 1.04. The largest absolute Gasteiger partial charge is 0.356 e. The second-order valence-electron chi connectivity index (χ2n) is 4.12. The zero-order valence-electron chi connectivity index (χ0n) is 11.4. The van der Waals surface area contributed by atoms with Crippen LogP contribution in [0.1, 0.15) is 27.7 Å². The topological polar surface area (TPSA) is 12.0 Å². The molecule has 0 unspecified atom stereocenters. The number of allylic oxidation sites excluding steroid dienone is 8. The van der Waals surface area contributed by atoms with E-state index in [-0.39, 0.29) is 0 Å². The SMILES string of the molecule is C=C/C(=C\C=C(C)C)NC(/C=C\C(=C)C)=C/C. The molecule has 0 spiro atoms. The average Bonchev–Trinajstić information content (AvgIpc) is 2.27. The summed E-state index contributed by atoms with van der Waals surface area (Å²) in [6.07, 6.45) is 11.9. The summed E-state index contributed by atoms with van der Waals surface area (Å²) in [5.41, 5.74) is 4.29. The van der Waals surface area contributed by atoms with Crippen LogP contribution in [-0.2, 0) is 0 Å². The first-order valence-electron chi connectivity index (χ1n) is 5.74. The zero-order valence-corrected chi connectivity index (χ0v) is 11.4. The minimum absolute atomic E-state index is 0.977. The Morgan fingerprint density at radius 2 is 1.65 bits per heavy atom. The molecule has 1 heteroatoms. The van der Waals surface area contributed by atoms with E-state index in [2.05, 4.69) is 38.4 Å². The Balaban J connectivity index is 4.77. The maximum atomic E-state index is 3.83. The van der Waals surface area contributed by atoms with Gasteiger partial charge in [-0.1, -0.05) is 42.5 Å². The van der Waals surface area contributed by atoms with Crippen molar-refractivity contribution in [2.45, 2.75) is 27.7 Å². The summed E-state index contributed by atoms with van der Waals surface area (Å²) in [5, 5.41) is 3.30. The predicted octanol–water partition coefficient (Wildman–Crippen LogP) is 4.65. The second-order valence-corrected chi connectivity index (χ2v) is 4.12. The van der Waals surface area contributed by atoms with E-state index in [9.17, 15) is 0 Å². The van der Waals surface area contributed by atoms with Crippen LogP contribution >= 0.6 is 0 Å². The summed E-state index contributed by atoms with van der Waals surface area (Å²) in [6.45, 7) is 15.7. The van der Waals surface area contributed by atoms with Crippen molar-refractivity contribution in [1.82, 2.24) is 5.32 Å². The van der Waals surface area contributed by atoms with E-state index in [1.54, 1.807) is 6.08 Å². The van der Waals surface area contributed by atoms with E-state index in [0.717, 1.165) is 17.0 Å². The van der Waals surface area contributed by atoms with Crippen molar-refractivity contribution in [3.8, 4) is 0 Å². The van der Waals surface area contributed by atoms with Crippen LogP contribution in [0.15, 0.2) is 72.2 Å². The van der Waals surface area contributed by atoms with Crippen molar-refractivity contribution in [2.75, 3.05) is 0 Å². The van der Waals surface area contributed by atoms with Gasteiger partial charge in [0.25, 0.3) is 0 Å². The van der Waals surface area contributed by atoms with Gasteiger partial charge >= 0.3 is 0 Å². The molecule has 0 aliphatic carbocycles. The van der Waals surface area contributed by atoms with Crippen molar-refractivity contribution in [3.05, 3.63) is 72.2 Å². The molecule has 0 bridgehead atoms. The van der Waals surface area contributed by atoms with E-state index in [1.165, 1.54) is 5.57 Å². The molecule has 0 amide bonds. The fourth-order valence-electron chi connectivity index (χ4n) is 1.03. The Hall–Kier alpha value is -1.76. The highest BCUT2D eigenvalue weighted by Gasteiger charge is 1.92. The molecule has 0 aliphatic heterocycles. The van der Waals surface area contributed by atoms with E-state index in [0.29, 0.717) is 0 Å². The highest BCUT2D eigenvalue weighted by Crippen LogP contribution is 2.03. The van der Waals surface area contributed by atoms with Crippen LogP contribution in [0.2, 0.25) is 0 Å². The Morgan fingerprint density at radius 3 is 2.06 bits per heavy atom. The number of hydrogen-bond donors (Lipinski definition) is 1. The lowest BCUT2D eigenvalue weighted by atomic mass is 10.2. The summed E-state index contributed by atoms with van der Waals surface area (Å²) in [6, 6.07) is 0. The summed E-state index contributed by atoms with van der Waals surface area (Å²) < 4.78 is 0. The Bertz CT molecular complexity index is 386. The number of rotatable bonds is 6. The average molecular weight is 229 g/mol. The van der Waals surface area contributed by atoms with Crippen LogP contribution in [0.25, 0.3) is 0 Å². The lowest BCUT2D eigenvalue weighted by Crippen LogP contribution is -2.09. The minimum atomic E-state index is 0.977. The molecular formula is C16H23N. The normalized spacial score (nSPS) is 12.5. The van der Waals surface area contributed by atoms with Gasteiger partial charge in [-0.2, -0.15) is 0 Å². The first-order chi connectivity index (χ1) is 7.99. The van der Waals surface area contributed by atoms with Gasteiger partial charge in [-0.3, -0.25) is 0 Å². The van der Waals surface area contributed by atoms with E-state index in [4.69, 9.17) is 0 Å². The molecule has 17 heavy (non-hydrogen) atoms. The van der Waals surface area contributed by atoms with E-state index < -0.39 is 0 Å². The maximum absolute atomic E-state index is 3.83. The van der Waals surface area contributed by atoms with Crippen molar-refractivity contribution < 1.29 is 0 Å². The van der Waals surface area contributed by atoms with E-state index in [1.807, 2.05) is 38.2 Å². The van der Waals surface area contributed by atoms with Crippen molar-refractivity contribution >= 4 is 0 Å². The fourth-order valence-corrected chi connectivity index (χ4v) is 1.03. The molecule has 1 N–H and O–H groups in total. The molecule has 0 fully saturated rings. The van der Waals surface area contributed by atoms with Crippen molar-refractivity contribution in [3.63, 3.8) is 0 Å². The molecule has 0 saturated heterocycles. The molecule has 0 heterocycles. The minimum Gasteiger partial charge on any atom is -0.356 e. The van der Waals surface area contributed by atoms with Gasteiger partial charge in [0.15, 0.2) is 0 Å². The Kier molecular flexibility index (Phi) is 7.53. The zero-order chi connectivity index (χ0) is 13.3. The van der Waals surface area contributed by atoms with Crippen LogP contribution in [0.4, 0.5) is 0 Å². The molecule has 0 aromatic carbocycles. The van der Waals surface area contributed by atoms with Gasteiger partial charge in [0, 0.05) is 11.4 Å². The van der Waals surface area contributed by atoms with Crippen LogP contribution in [0.5, 0.6) is 0 Å². The van der Waals surface area contributed by atoms with Crippen LogP contribution in [-0.4, -0.2) is 0 Å².